The van der Waals surface area contributed by atoms with E-state index >= 15 is 0 Å². The molecule has 0 radical (unpaired) electrons. The van der Waals surface area contributed by atoms with Crippen LogP contribution in [0.3, 0.4) is 0 Å². The minimum absolute atomic E-state index is 0.182. The van der Waals surface area contributed by atoms with E-state index in [0.717, 1.165) is 0 Å². The fraction of sp³-hybridized carbons (Fsp3) is 0.250. The van der Waals surface area contributed by atoms with Crippen LogP contribution in [0.25, 0.3) is 0 Å². The highest BCUT2D eigenvalue weighted by Crippen LogP contribution is 2.58. The predicted octanol–water partition coefficient (Wildman–Crippen LogP) is 2.80. The fourth-order valence-corrected chi connectivity index (χ4v) is 5.95. The lowest BCUT2D eigenvalue weighted by Crippen LogP contribution is -2.42. The van der Waals surface area contributed by atoms with Crippen LogP contribution in [0.5, 0.6) is 5.75 Å². The zero-order chi connectivity index (χ0) is 19.1. The molecule has 140 valence electrons. The van der Waals surface area contributed by atoms with Gasteiger partial charge in [0, 0.05) is 18.2 Å². The van der Waals surface area contributed by atoms with Crippen molar-refractivity contribution >= 4 is 27.3 Å². The standard InChI is InChI=1S/C20H20N2O4S/c1-2-12-26-18-10-8-16(9-11-18)21-19(23)20-13-15(20)14-22(27(20,24)25)17-6-4-3-5-7-17/h2-11,15H,1,12-14H2,(H,21,23)/t15-,20-/m0/s1. The molecule has 2 atom stereocenters. The normalized spacial score (nSPS) is 24.7. The zero-order valence-corrected chi connectivity index (χ0v) is 15.5. The number of sulfonamides is 1. The number of nitrogens with zero attached hydrogens (tertiary/aromatic N) is 1. The average molecular weight is 384 g/mol. The number of rotatable bonds is 6. The molecule has 1 amide bonds. The molecule has 2 aliphatic rings. The van der Waals surface area contributed by atoms with Crippen LogP contribution >= 0.6 is 0 Å². The van der Waals surface area contributed by atoms with E-state index in [4.69, 9.17) is 4.74 Å². The van der Waals surface area contributed by atoms with Crippen LogP contribution in [-0.2, 0) is 14.8 Å². The van der Waals surface area contributed by atoms with Crippen molar-refractivity contribution in [2.24, 2.45) is 5.92 Å². The number of carbonyl (C=O) groups excluding carboxylic acids is 1. The third-order valence-electron chi connectivity index (χ3n) is 5.09. The molecule has 0 bridgehead atoms. The number of hydrogen-bond donors (Lipinski definition) is 1. The quantitative estimate of drug-likeness (QED) is 0.777. The molecule has 1 saturated heterocycles. The Kier molecular flexibility index (Phi) is 4.19. The van der Waals surface area contributed by atoms with Gasteiger partial charge in [-0.1, -0.05) is 30.9 Å². The zero-order valence-electron chi connectivity index (χ0n) is 14.7. The number of nitrogens with one attached hydrogen (secondary N) is 1. The molecule has 6 nitrogen and oxygen atoms in total. The highest BCUT2D eigenvalue weighted by atomic mass is 32.2. The van der Waals surface area contributed by atoms with Crippen LogP contribution in [0.1, 0.15) is 6.42 Å². The molecule has 1 aliphatic heterocycles. The highest BCUT2D eigenvalue weighted by Gasteiger charge is 2.75. The van der Waals surface area contributed by atoms with Gasteiger partial charge in [0.15, 0.2) is 4.75 Å². The Morgan fingerprint density at radius 2 is 1.93 bits per heavy atom. The van der Waals surface area contributed by atoms with Crippen LogP contribution in [0.2, 0.25) is 0 Å². The van der Waals surface area contributed by atoms with Gasteiger partial charge in [-0.25, -0.2) is 8.42 Å². The second-order valence-corrected chi connectivity index (χ2v) is 8.86. The molecule has 0 spiro atoms. The molecule has 0 aromatic heterocycles. The van der Waals surface area contributed by atoms with Crippen molar-refractivity contribution in [1.82, 2.24) is 0 Å². The van der Waals surface area contributed by atoms with Crippen molar-refractivity contribution in [2.75, 3.05) is 22.8 Å². The monoisotopic (exact) mass is 384 g/mol. The number of anilines is 2. The molecule has 1 N–H and O–H groups in total. The van der Waals surface area contributed by atoms with E-state index < -0.39 is 20.7 Å². The number of benzene rings is 2. The summed E-state index contributed by atoms with van der Waals surface area (Å²) in [5.74, 6) is 0.00250. The lowest BCUT2D eigenvalue weighted by Gasteiger charge is -2.22. The number of fused-ring (bicyclic) bond motifs is 1. The molecule has 2 aromatic rings. The number of hydrogen-bond acceptors (Lipinski definition) is 4. The van der Waals surface area contributed by atoms with Gasteiger partial charge in [-0.2, -0.15) is 0 Å². The average Bonchev–Trinajstić information content (AvgIpc) is 3.37. The lowest BCUT2D eigenvalue weighted by atomic mass is 10.2. The van der Waals surface area contributed by atoms with Crippen molar-refractivity contribution < 1.29 is 17.9 Å². The summed E-state index contributed by atoms with van der Waals surface area (Å²) in [7, 11) is -3.76. The SMILES string of the molecule is C=CCOc1ccc(NC(=O)[C@]23C[C@H]2CN(c2ccccc2)S3(=O)=O)cc1. The van der Waals surface area contributed by atoms with Gasteiger partial charge in [-0.15, -0.1) is 0 Å². The second kappa shape index (κ2) is 6.42. The van der Waals surface area contributed by atoms with Gasteiger partial charge in [0.25, 0.3) is 0 Å². The summed E-state index contributed by atoms with van der Waals surface area (Å²) in [6, 6.07) is 15.7. The third kappa shape index (κ3) is 2.78. The minimum Gasteiger partial charge on any atom is -0.490 e. The molecule has 0 unspecified atom stereocenters. The summed E-state index contributed by atoms with van der Waals surface area (Å²) in [5, 5.41) is 2.76. The minimum atomic E-state index is -3.76. The number of para-hydroxylation sites is 1. The van der Waals surface area contributed by atoms with E-state index in [0.29, 0.717) is 36.7 Å². The first kappa shape index (κ1) is 17.6. The fourth-order valence-electron chi connectivity index (χ4n) is 3.59. The van der Waals surface area contributed by atoms with Crippen molar-refractivity contribution in [3.63, 3.8) is 0 Å². The van der Waals surface area contributed by atoms with Crippen molar-refractivity contribution in [3.8, 4) is 5.75 Å². The summed E-state index contributed by atoms with van der Waals surface area (Å²) in [6.07, 6.45) is 2.01. The number of carbonyl (C=O) groups is 1. The number of amides is 1. The maximum Gasteiger partial charge on any atom is 0.250 e. The number of ether oxygens (including phenoxy) is 1. The van der Waals surface area contributed by atoms with Crippen LogP contribution in [0.4, 0.5) is 11.4 Å². The van der Waals surface area contributed by atoms with E-state index in [2.05, 4.69) is 11.9 Å². The Balaban J connectivity index is 1.52. The van der Waals surface area contributed by atoms with Crippen molar-refractivity contribution in [1.29, 1.82) is 0 Å². The molecule has 7 heteroatoms. The Bertz CT molecular complexity index is 973. The Hall–Kier alpha value is -2.80. The molecule has 1 heterocycles. The topological polar surface area (TPSA) is 75.7 Å². The van der Waals surface area contributed by atoms with E-state index in [1.807, 2.05) is 6.07 Å². The van der Waals surface area contributed by atoms with Crippen molar-refractivity contribution in [3.05, 3.63) is 67.3 Å². The Morgan fingerprint density at radius 3 is 2.59 bits per heavy atom. The van der Waals surface area contributed by atoms with Gasteiger partial charge >= 0.3 is 0 Å². The molecule has 27 heavy (non-hydrogen) atoms. The van der Waals surface area contributed by atoms with E-state index in [1.54, 1.807) is 54.6 Å². The Morgan fingerprint density at radius 1 is 1.22 bits per heavy atom. The first-order valence-electron chi connectivity index (χ1n) is 8.71. The van der Waals surface area contributed by atoms with Gasteiger partial charge in [0.05, 0.1) is 5.69 Å². The van der Waals surface area contributed by atoms with Gasteiger partial charge in [0.2, 0.25) is 15.9 Å². The summed E-state index contributed by atoms with van der Waals surface area (Å²) in [5.41, 5.74) is 1.14. The molecule has 1 aliphatic carbocycles. The van der Waals surface area contributed by atoms with Crippen LogP contribution in [0, 0.1) is 5.92 Å². The van der Waals surface area contributed by atoms with Crippen LogP contribution < -0.4 is 14.4 Å². The van der Waals surface area contributed by atoms with Gasteiger partial charge in [0.1, 0.15) is 12.4 Å². The summed E-state index contributed by atoms with van der Waals surface area (Å²) in [4.78, 5) is 12.9. The lowest BCUT2D eigenvalue weighted by molar-refractivity contribution is -0.116. The largest absolute Gasteiger partial charge is 0.490 e. The van der Waals surface area contributed by atoms with E-state index in [1.165, 1.54) is 4.31 Å². The molecule has 1 saturated carbocycles. The summed E-state index contributed by atoms with van der Waals surface area (Å²) < 4.78 is 31.6. The van der Waals surface area contributed by atoms with E-state index in [-0.39, 0.29) is 5.92 Å². The van der Waals surface area contributed by atoms with Gasteiger partial charge < -0.3 is 10.1 Å². The first-order chi connectivity index (χ1) is 13.0. The maximum atomic E-state index is 13.1. The van der Waals surface area contributed by atoms with Crippen molar-refractivity contribution in [2.45, 2.75) is 11.2 Å². The maximum absolute atomic E-state index is 13.1. The first-order valence-corrected chi connectivity index (χ1v) is 10.2. The molecular formula is C20H20N2O4S. The third-order valence-corrected chi connectivity index (χ3v) is 7.64. The van der Waals surface area contributed by atoms with Crippen LogP contribution in [-0.4, -0.2) is 32.2 Å². The van der Waals surface area contributed by atoms with E-state index in [9.17, 15) is 13.2 Å². The van der Waals surface area contributed by atoms with Crippen LogP contribution in [0.15, 0.2) is 67.3 Å². The second-order valence-electron chi connectivity index (χ2n) is 6.74. The molecular weight excluding hydrogens is 364 g/mol. The summed E-state index contributed by atoms with van der Waals surface area (Å²) >= 11 is 0. The Labute approximate surface area is 158 Å². The smallest absolute Gasteiger partial charge is 0.250 e. The molecule has 2 fully saturated rings. The molecule has 4 rings (SSSR count). The van der Waals surface area contributed by atoms with Gasteiger partial charge in [-0.3, -0.25) is 9.10 Å². The summed E-state index contributed by atoms with van der Waals surface area (Å²) in [6.45, 7) is 4.32. The predicted molar refractivity (Wildman–Crippen MR) is 104 cm³/mol. The molecule has 2 aromatic carbocycles. The highest BCUT2D eigenvalue weighted by molar-refractivity contribution is 7.95. The van der Waals surface area contributed by atoms with Gasteiger partial charge in [-0.05, 0) is 42.8 Å².